The Hall–Kier alpha value is -2.84. The molecule has 1 aliphatic rings. The minimum atomic E-state index is -0.309. The van der Waals surface area contributed by atoms with E-state index in [4.69, 9.17) is 0 Å². The van der Waals surface area contributed by atoms with E-state index in [2.05, 4.69) is 19.8 Å². The van der Waals surface area contributed by atoms with Crippen LogP contribution in [0.5, 0.6) is 0 Å². The standard InChI is InChI=1S/C16H23N7O2/c1-19(2)15-17-6-5-12(18-15)22-7-9-23(10-8-22)13-11-14(24)21(4)16(25)20(13)3/h5-6,11H,7-10H2,1-4H3. The molecule has 0 saturated carbocycles. The van der Waals surface area contributed by atoms with Crippen LogP contribution in [0.2, 0.25) is 0 Å². The highest BCUT2D eigenvalue weighted by Crippen LogP contribution is 2.18. The molecule has 0 N–H and O–H groups in total. The predicted molar refractivity (Wildman–Crippen MR) is 97.7 cm³/mol. The maximum atomic E-state index is 12.1. The van der Waals surface area contributed by atoms with Crippen molar-refractivity contribution < 1.29 is 0 Å². The van der Waals surface area contributed by atoms with Gasteiger partial charge in [-0.05, 0) is 6.07 Å². The Morgan fingerprint density at radius 2 is 1.64 bits per heavy atom. The maximum absolute atomic E-state index is 12.1. The molecule has 1 aliphatic heterocycles. The second-order valence-electron chi connectivity index (χ2n) is 6.32. The second kappa shape index (κ2) is 6.58. The SMILES string of the molecule is CN(C)c1nccc(N2CCN(c3cc(=O)n(C)c(=O)n3C)CC2)n1. The molecule has 0 atom stereocenters. The maximum Gasteiger partial charge on any atom is 0.332 e. The average Bonchev–Trinajstić information content (AvgIpc) is 2.63. The molecule has 2 aromatic heterocycles. The van der Waals surface area contributed by atoms with Crippen molar-refractivity contribution in [1.29, 1.82) is 0 Å². The smallest absolute Gasteiger partial charge is 0.332 e. The van der Waals surface area contributed by atoms with Crippen LogP contribution in [0.25, 0.3) is 0 Å². The molecule has 2 aromatic rings. The Bertz CT molecular complexity index is 879. The summed E-state index contributed by atoms with van der Waals surface area (Å²) < 4.78 is 2.63. The molecule has 9 nitrogen and oxygen atoms in total. The molecule has 0 unspecified atom stereocenters. The highest BCUT2D eigenvalue weighted by atomic mass is 16.2. The molecule has 3 heterocycles. The topological polar surface area (TPSA) is 79.5 Å². The number of nitrogens with zero attached hydrogens (tertiary/aromatic N) is 7. The number of hydrogen-bond acceptors (Lipinski definition) is 7. The lowest BCUT2D eigenvalue weighted by molar-refractivity contribution is 0.607. The van der Waals surface area contributed by atoms with Gasteiger partial charge in [-0.2, -0.15) is 4.98 Å². The first-order valence-electron chi connectivity index (χ1n) is 8.16. The monoisotopic (exact) mass is 345 g/mol. The molecule has 0 spiro atoms. The van der Waals surface area contributed by atoms with Gasteiger partial charge in [-0.1, -0.05) is 0 Å². The summed E-state index contributed by atoms with van der Waals surface area (Å²) in [6.45, 7) is 2.93. The summed E-state index contributed by atoms with van der Waals surface area (Å²) in [4.78, 5) is 39.0. The number of piperazine rings is 1. The molecular weight excluding hydrogens is 322 g/mol. The minimum Gasteiger partial charge on any atom is -0.354 e. The van der Waals surface area contributed by atoms with Crippen LogP contribution in [-0.4, -0.2) is 59.4 Å². The normalized spacial score (nSPS) is 14.7. The quantitative estimate of drug-likeness (QED) is 0.725. The fraction of sp³-hybridized carbons (Fsp3) is 0.500. The number of anilines is 3. The van der Waals surface area contributed by atoms with E-state index in [0.717, 1.165) is 23.5 Å². The number of hydrogen-bond donors (Lipinski definition) is 0. The third-order valence-corrected chi connectivity index (χ3v) is 4.46. The Kier molecular flexibility index (Phi) is 4.47. The number of rotatable bonds is 3. The van der Waals surface area contributed by atoms with E-state index < -0.39 is 0 Å². The lowest BCUT2D eigenvalue weighted by atomic mass is 10.3. The van der Waals surface area contributed by atoms with E-state index in [9.17, 15) is 9.59 Å². The van der Waals surface area contributed by atoms with Gasteiger partial charge in [-0.3, -0.25) is 13.9 Å². The molecule has 25 heavy (non-hydrogen) atoms. The highest BCUT2D eigenvalue weighted by Gasteiger charge is 2.21. The predicted octanol–water partition coefficient (Wildman–Crippen LogP) is -0.733. The summed E-state index contributed by atoms with van der Waals surface area (Å²) in [5.41, 5.74) is -0.594. The first-order chi connectivity index (χ1) is 11.9. The number of aromatic nitrogens is 4. The van der Waals surface area contributed by atoms with E-state index in [1.807, 2.05) is 25.1 Å². The zero-order valence-corrected chi connectivity index (χ0v) is 15.0. The summed E-state index contributed by atoms with van der Waals surface area (Å²) in [7, 11) is 7.00. The summed E-state index contributed by atoms with van der Waals surface area (Å²) in [6.07, 6.45) is 1.76. The summed E-state index contributed by atoms with van der Waals surface area (Å²) in [5.74, 6) is 2.22. The van der Waals surface area contributed by atoms with Gasteiger partial charge in [-0.25, -0.2) is 9.78 Å². The molecule has 1 fully saturated rings. The van der Waals surface area contributed by atoms with Crippen LogP contribution in [0.1, 0.15) is 0 Å². The summed E-state index contributed by atoms with van der Waals surface area (Å²) in [6, 6.07) is 3.42. The van der Waals surface area contributed by atoms with Gasteiger partial charge in [0.25, 0.3) is 5.56 Å². The summed E-state index contributed by atoms with van der Waals surface area (Å²) >= 11 is 0. The van der Waals surface area contributed by atoms with Gasteiger partial charge in [0.15, 0.2) is 0 Å². The van der Waals surface area contributed by atoms with Gasteiger partial charge in [0.2, 0.25) is 5.95 Å². The first kappa shape index (κ1) is 17.0. The second-order valence-corrected chi connectivity index (χ2v) is 6.32. The minimum absolute atomic E-state index is 0.285. The molecule has 9 heteroatoms. The van der Waals surface area contributed by atoms with Crippen molar-refractivity contribution in [2.45, 2.75) is 0 Å². The Morgan fingerprint density at radius 1 is 1.00 bits per heavy atom. The van der Waals surface area contributed by atoms with E-state index >= 15 is 0 Å². The third-order valence-electron chi connectivity index (χ3n) is 4.46. The van der Waals surface area contributed by atoms with Crippen molar-refractivity contribution in [3.8, 4) is 0 Å². The molecule has 0 radical (unpaired) electrons. The molecule has 0 bridgehead atoms. The van der Waals surface area contributed by atoms with Gasteiger partial charge in [0.05, 0.1) is 0 Å². The van der Waals surface area contributed by atoms with Crippen LogP contribution in [0, 0.1) is 0 Å². The third kappa shape index (κ3) is 3.21. The van der Waals surface area contributed by atoms with E-state index in [1.54, 1.807) is 13.2 Å². The van der Waals surface area contributed by atoms with E-state index in [-0.39, 0.29) is 11.2 Å². The molecule has 134 valence electrons. The van der Waals surface area contributed by atoms with Crippen molar-refractivity contribution in [3.63, 3.8) is 0 Å². The van der Waals surface area contributed by atoms with Crippen LogP contribution < -0.4 is 25.9 Å². The van der Waals surface area contributed by atoms with Gasteiger partial charge < -0.3 is 14.7 Å². The Balaban J connectivity index is 1.78. The lowest BCUT2D eigenvalue weighted by Gasteiger charge is -2.37. The fourth-order valence-corrected chi connectivity index (χ4v) is 2.92. The van der Waals surface area contributed by atoms with Crippen molar-refractivity contribution in [2.75, 3.05) is 55.0 Å². The Morgan fingerprint density at radius 3 is 2.28 bits per heavy atom. The van der Waals surface area contributed by atoms with Crippen molar-refractivity contribution in [1.82, 2.24) is 19.1 Å². The van der Waals surface area contributed by atoms with Crippen LogP contribution >= 0.6 is 0 Å². The van der Waals surface area contributed by atoms with E-state index in [0.29, 0.717) is 24.9 Å². The zero-order chi connectivity index (χ0) is 18.1. The van der Waals surface area contributed by atoms with Crippen molar-refractivity contribution in [2.24, 2.45) is 14.1 Å². The van der Waals surface area contributed by atoms with Crippen molar-refractivity contribution in [3.05, 3.63) is 39.2 Å². The average molecular weight is 345 g/mol. The van der Waals surface area contributed by atoms with Gasteiger partial charge in [0.1, 0.15) is 11.6 Å². The van der Waals surface area contributed by atoms with Crippen LogP contribution in [0.15, 0.2) is 27.9 Å². The molecule has 3 rings (SSSR count). The highest BCUT2D eigenvalue weighted by molar-refractivity contribution is 5.47. The molecule has 1 saturated heterocycles. The van der Waals surface area contributed by atoms with Crippen LogP contribution in [-0.2, 0) is 14.1 Å². The first-order valence-corrected chi connectivity index (χ1v) is 8.16. The molecule has 0 aromatic carbocycles. The molecular formula is C16H23N7O2. The fourth-order valence-electron chi connectivity index (χ4n) is 2.92. The summed E-state index contributed by atoms with van der Waals surface area (Å²) in [5, 5.41) is 0. The Labute approximate surface area is 145 Å². The zero-order valence-electron chi connectivity index (χ0n) is 15.0. The van der Waals surface area contributed by atoms with Gasteiger partial charge in [-0.15, -0.1) is 0 Å². The van der Waals surface area contributed by atoms with Crippen molar-refractivity contribution >= 4 is 17.6 Å². The molecule has 0 aliphatic carbocycles. The molecule has 0 amide bonds. The van der Waals surface area contributed by atoms with Gasteiger partial charge in [0, 0.05) is 66.6 Å². The van der Waals surface area contributed by atoms with Crippen LogP contribution in [0.4, 0.5) is 17.6 Å². The van der Waals surface area contributed by atoms with Gasteiger partial charge >= 0.3 is 5.69 Å². The van der Waals surface area contributed by atoms with Crippen LogP contribution in [0.3, 0.4) is 0 Å². The lowest BCUT2D eigenvalue weighted by Crippen LogP contribution is -2.49. The largest absolute Gasteiger partial charge is 0.354 e. The van der Waals surface area contributed by atoms with E-state index in [1.165, 1.54) is 17.7 Å².